The van der Waals surface area contributed by atoms with Crippen LogP contribution in [0.1, 0.15) is 17.9 Å². The van der Waals surface area contributed by atoms with Crippen molar-refractivity contribution in [3.63, 3.8) is 0 Å². The summed E-state index contributed by atoms with van der Waals surface area (Å²) in [4.78, 5) is 11.3. The second-order valence-corrected chi connectivity index (χ2v) is 6.63. The Hall–Kier alpha value is -0.780. The van der Waals surface area contributed by atoms with E-state index in [1.807, 2.05) is 11.8 Å². The van der Waals surface area contributed by atoms with Gasteiger partial charge in [0.25, 0.3) is 0 Å². The normalized spacial score (nSPS) is 25.8. The Kier molecular flexibility index (Phi) is 3.69. The number of nitrogens with zero attached hydrogens (tertiary/aromatic N) is 3. The second kappa shape index (κ2) is 5.31. The summed E-state index contributed by atoms with van der Waals surface area (Å²) in [7, 11) is 2.17. The zero-order valence-electron chi connectivity index (χ0n) is 10.9. The summed E-state index contributed by atoms with van der Waals surface area (Å²) in [6, 6.07) is 0. The molecule has 0 radical (unpaired) electrons. The summed E-state index contributed by atoms with van der Waals surface area (Å²) in [6.45, 7) is 6.54. The van der Waals surface area contributed by atoms with Crippen LogP contribution in [0.25, 0.3) is 0 Å². The molecule has 1 fully saturated rings. The van der Waals surface area contributed by atoms with E-state index < -0.39 is 0 Å². The zero-order valence-corrected chi connectivity index (χ0v) is 12.5. The fraction of sp³-hybridized carbons (Fsp3) is 0.538. The highest BCUT2D eigenvalue weighted by Gasteiger charge is 2.40. The fourth-order valence-electron chi connectivity index (χ4n) is 2.73. The summed E-state index contributed by atoms with van der Waals surface area (Å²) >= 11 is 8.21. The van der Waals surface area contributed by atoms with Crippen LogP contribution in [-0.2, 0) is 0 Å². The third kappa shape index (κ3) is 2.47. The predicted molar refractivity (Wildman–Crippen MR) is 80.2 cm³/mol. The highest BCUT2D eigenvalue weighted by Crippen LogP contribution is 2.50. The van der Waals surface area contributed by atoms with Gasteiger partial charge in [0.1, 0.15) is 10.2 Å². The van der Waals surface area contributed by atoms with Crippen LogP contribution in [0.4, 0.5) is 5.95 Å². The maximum Gasteiger partial charge on any atom is 0.225 e. The van der Waals surface area contributed by atoms with E-state index in [2.05, 4.69) is 33.8 Å². The first-order valence-corrected chi connectivity index (χ1v) is 7.72. The number of halogens is 1. The molecule has 0 amide bonds. The van der Waals surface area contributed by atoms with Crippen LogP contribution in [-0.4, -0.2) is 46.8 Å². The van der Waals surface area contributed by atoms with Gasteiger partial charge >= 0.3 is 0 Å². The minimum atomic E-state index is 0.511. The van der Waals surface area contributed by atoms with Crippen LogP contribution in [0.2, 0.25) is 5.15 Å². The molecule has 102 valence electrons. The molecule has 0 bridgehead atoms. The molecule has 6 heteroatoms. The molecular weight excluding hydrogens is 280 g/mol. The predicted octanol–water partition coefficient (Wildman–Crippen LogP) is 2.62. The molecule has 0 aromatic carbocycles. The van der Waals surface area contributed by atoms with Crippen LogP contribution >= 0.6 is 23.4 Å². The van der Waals surface area contributed by atoms with Crippen molar-refractivity contribution in [2.75, 3.05) is 32.0 Å². The Morgan fingerprint density at radius 1 is 1.58 bits per heavy atom. The van der Waals surface area contributed by atoms with Gasteiger partial charge in [-0.05, 0) is 20.0 Å². The number of rotatable bonds is 3. The molecule has 1 aromatic rings. The van der Waals surface area contributed by atoms with E-state index in [-0.39, 0.29) is 0 Å². The van der Waals surface area contributed by atoms with Crippen LogP contribution in [0.3, 0.4) is 0 Å². The lowest BCUT2D eigenvalue weighted by Crippen LogP contribution is -2.36. The summed E-state index contributed by atoms with van der Waals surface area (Å²) < 4.78 is 0. The minimum Gasteiger partial charge on any atom is -0.351 e. The highest BCUT2D eigenvalue weighted by atomic mass is 35.5. The Bertz CT molecular complexity index is 508. The molecule has 0 aliphatic carbocycles. The fourth-order valence-corrected chi connectivity index (χ4v) is 4.66. The van der Waals surface area contributed by atoms with Crippen molar-refractivity contribution < 1.29 is 0 Å². The Balaban J connectivity index is 1.89. The average molecular weight is 297 g/mol. The van der Waals surface area contributed by atoms with E-state index in [1.54, 1.807) is 6.08 Å². The number of fused-ring (bicyclic) bond motifs is 3. The maximum atomic E-state index is 6.37. The monoisotopic (exact) mass is 296 g/mol. The van der Waals surface area contributed by atoms with Gasteiger partial charge in [-0.15, -0.1) is 18.3 Å². The summed E-state index contributed by atoms with van der Waals surface area (Å²) in [6.07, 6.45) is 2.93. The molecule has 2 unspecified atom stereocenters. The number of nitrogens with one attached hydrogen (secondary N) is 1. The van der Waals surface area contributed by atoms with Gasteiger partial charge in [-0.25, -0.2) is 9.97 Å². The largest absolute Gasteiger partial charge is 0.351 e. The standard InChI is InChI=1S/C13H17ClN4S/c1-3-5-15-13-16-11(14)10-8-4-6-18(2)7-9(8)19-12(10)17-13/h3,8-9H,1,4-7H2,2H3,(H,15,16,17). The summed E-state index contributed by atoms with van der Waals surface area (Å²) in [5, 5.41) is 5.34. The summed E-state index contributed by atoms with van der Waals surface area (Å²) in [5.41, 5.74) is 1.16. The van der Waals surface area contributed by atoms with Gasteiger partial charge in [0.2, 0.25) is 5.95 Å². The van der Waals surface area contributed by atoms with Crippen molar-refractivity contribution >= 4 is 29.3 Å². The SMILES string of the molecule is C=CCNc1nc(Cl)c2c(n1)SC1CN(C)CCC21. The van der Waals surface area contributed by atoms with E-state index in [4.69, 9.17) is 11.6 Å². The molecule has 4 nitrogen and oxygen atoms in total. The molecule has 0 spiro atoms. The lowest BCUT2D eigenvalue weighted by Gasteiger charge is -2.31. The number of anilines is 1. The van der Waals surface area contributed by atoms with Crippen LogP contribution in [0.5, 0.6) is 0 Å². The molecule has 1 N–H and O–H groups in total. The first kappa shape index (κ1) is 13.2. The number of likely N-dealkylation sites (tertiary alicyclic amines) is 1. The molecule has 2 aliphatic heterocycles. The van der Waals surface area contributed by atoms with Gasteiger partial charge in [0, 0.05) is 29.8 Å². The maximum absolute atomic E-state index is 6.37. The van der Waals surface area contributed by atoms with Gasteiger partial charge in [0.15, 0.2) is 0 Å². The van der Waals surface area contributed by atoms with E-state index in [1.165, 1.54) is 0 Å². The quantitative estimate of drug-likeness (QED) is 0.686. The second-order valence-electron chi connectivity index (χ2n) is 5.04. The lowest BCUT2D eigenvalue weighted by molar-refractivity contribution is 0.264. The highest BCUT2D eigenvalue weighted by molar-refractivity contribution is 8.00. The van der Waals surface area contributed by atoms with Crippen molar-refractivity contribution in [3.8, 4) is 0 Å². The van der Waals surface area contributed by atoms with Gasteiger partial charge in [-0.2, -0.15) is 0 Å². The zero-order chi connectivity index (χ0) is 13.4. The molecule has 1 saturated heterocycles. The molecule has 3 rings (SSSR count). The topological polar surface area (TPSA) is 41.1 Å². The third-order valence-corrected chi connectivity index (χ3v) is 5.27. The summed E-state index contributed by atoms with van der Waals surface area (Å²) in [5.74, 6) is 1.11. The molecule has 1 aromatic heterocycles. The van der Waals surface area contributed by atoms with Crippen molar-refractivity contribution in [1.82, 2.24) is 14.9 Å². The first-order valence-electron chi connectivity index (χ1n) is 6.46. The minimum absolute atomic E-state index is 0.511. The lowest BCUT2D eigenvalue weighted by atomic mass is 9.91. The molecule has 2 atom stereocenters. The average Bonchev–Trinajstić information content (AvgIpc) is 2.73. The first-order chi connectivity index (χ1) is 9.19. The van der Waals surface area contributed by atoms with Gasteiger partial charge in [0.05, 0.1) is 0 Å². The molecule has 2 aliphatic rings. The van der Waals surface area contributed by atoms with Crippen LogP contribution < -0.4 is 5.32 Å². The molecule has 19 heavy (non-hydrogen) atoms. The van der Waals surface area contributed by atoms with E-state index in [0.717, 1.165) is 30.1 Å². The van der Waals surface area contributed by atoms with E-state index in [0.29, 0.717) is 28.8 Å². The molecular formula is C13H17ClN4S. The van der Waals surface area contributed by atoms with Crippen molar-refractivity contribution in [3.05, 3.63) is 23.4 Å². The third-order valence-electron chi connectivity index (χ3n) is 3.66. The molecule has 0 saturated carbocycles. The van der Waals surface area contributed by atoms with Crippen molar-refractivity contribution in [1.29, 1.82) is 0 Å². The van der Waals surface area contributed by atoms with Crippen LogP contribution in [0.15, 0.2) is 17.7 Å². The van der Waals surface area contributed by atoms with Gasteiger partial charge in [-0.3, -0.25) is 0 Å². The number of thioether (sulfide) groups is 1. The number of hydrogen-bond acceptors (Lipinski definition) is 5. The van der Waals surface area contributed by atoms with Gasteiger partial charge < -0.3 is 10.2 Å². The smallest absolute Gasteiger partial charge is 0.225 e. The van der Waals surface area contributed by atoms with Crippen LogP contribution in [0, 0.1) is 0 Å². The van der Waals surface area contributed by atoms with Crippen molar-refractivity contribution in [2.24, 2.45) is 0 Å². The number of hydrogen-bond donors (Lipinski definition) is 1. The van der Waals surface area contributed by atoms with Gasteiger partial charge in [-0.1, -0.05) is 17.7 Å². The van der Waals surface area contributed by atoms with E-state index in [9.17, 15) is 0 Å². The van der Waals surface area contributed by atoms with Crippen molar-refractivity contribution in [2.45, 2.75) is 22.6 Å². The number of piperidine rings is 1. The number of aromatic nitrogens is 2. The van der Waals surface area contributed by atoms with E-state index >= 15 is 0 Å². The Morgan fingerprint density at radius 2 is 2.42 bits per heavy atom. The Morgan fingerprint density at radius 3 is 3.21 bits per heavy atom. The Labute approximate surface area is 122 Å². The molecule has 3 heterocycles.